The topological polar surface area (TPSA) is 77.9 Å². The molecule has 10 heteroatoms. The lowest BCUT2D eigenvalue weighted by atomic mass is 9.98. The largest absolute Gasteiger partial charge is 0.493 e. The van der Waals surface area contributed by atoms with Crippen molar-refractivity contribution < 1.29 is 27.4 Å². The lowest BCUT2D eigenvalue weighted by Gasteiger charge is -2.14. The molecular formula is C26H20F3N3O4. The first-order valence-corrected chi connectivity index (χ1v) is 10.8. The molecule has 0 unspecified atom stereocenters. The summed E-state index contributed by atoms with van der Waals surface area (Å²) in [4.78, 5) is 17.5. The van der Waals surface area contributed by atoms with Gasteiger partial charge in [-0.25, -0.2) is 9.50 Å². The summed E-state index contributed by atoms with van der Waals surface area (Å²) in [5.74, 6) is 0.959. The van der Waals surface area contributed by atoms with E-state index in [0.29, 0.717) is 33.8 Å². The molecule has 0 aliphatic rings. The second-order valence-electron chi connectivity index (χ2n) is 7.94. The molecule has 184 valence electrons. The molecule has 0 spiro atoms. The van der Waals surface area contributed by atoms with Crippen molar-refractivity contribution in [2.45, 2.75) is 6.18 Å². The summed E-state index contributed by atoms with van der Waals surface area (Å²) in [6.45, 7) is 0. The SMILES string of the molecule is COc1cc(-c2cc(=O)n3[nH]c(C(F)(F)F)c(-c4cccc5ccccc45)c3n2)cc(OC)c1OC. The standard InChI is InChI=1S/C26H20F3N3O4/c1-34-19-11-15(12-20(35-2)23(19)36-3)18-13-21(33)32-25(30-18)22(24(31-32)26(27,28)29)17-10-6-8-14-7-4-5-9-16(14)17/h4-13,31H,1-3H3. The molecular weight excluding hydrogens is 475 g/mol. The Bertz CT molecular complexity index is 1640. The van der Waals surface area contributed by atoms with Gasteiger partial charge in [-0.3, -0.25) is 9.89 Å². The van der Waals surface area contributed by atoms with Crippen LogP contribution >= 0.6 is 0 Å². The summed E-state index contributed by atoms with van der Waals surface area (Å²) in [5.41, 5.74) is -1.30. The van der Waals surface area contributed by atoms with Crippen molar-refractivity contribution in [3.05, 3.63) is 76.7 Å². The summed E-state index contributed by atoms with van der Waals surface area (Å²) in [7, 11) is 4.32. The predicted octanol–water partition coefficient (Wildman–Crippen LogP) is 5.55. The number of ether oxygens (including phenoxy) is 3. The molecule has 5 aromatic rings. The smallest absolute Gasteiger partial charge is 0.433 e. The van der Waals surface area contributed by atoms with Crippen molar-refractivity contribution in [2.24, 2.45) is 0 Å². The van der Waals surface area contributed by atoms with Crippen LogP contribution in [-0.4, -0.2) is 35.9 Å². The molecule has 0 fully saturated rings. The molecule has 3 aromatic carbocycles. The van der Waals surface area contributed by atoms with Gasteiger partial charge in [0.25, 0.3) is 5.56 Å². The number of aromatic amines is 1. The number of nitrogens with zero attached hydrogens (tertiary/aromatic N) is 2. The third-order valence-corrected chi connectivity index (χ3v) is 5.92. The molecule has 36 heavy (non-hydrogen) atoms. The van der Waals surface area contributed by atoms with Gasteiger partial charge < -0.3 is 14.2 Å². The van der Waals surface area contributed by atoms with E-state index in [2.05, 4.69) is 10.1 Å². The number of aromatic nitrogens is 3. The van der Waals surface area contributed by atoms with Gasteiger partial charge >= 0.3 is 6.18 Å². The quantitative estimate of drug-likeness (QED) is 0.346. The highest BCUT2D eigenvalue weighted by molar-refractivity contribution is 6.00. The predicted molar refractivity (Wildman–Crippen MR) is 129 cm³/mol. The van der Waals surface area contributed by atoms with E-state index in [1.807, 2.05) is 12.1 Å². The van der Waals surface area contributed by atoms with Crippen molar-refractivity contribution in [2.75, 3.05) is 21.3 Å². The lowest BCUT2D eigenvalue weighted by molar-refractivity contribution is -0.140. The highest BCUT2D eigenvalue weighted by Crippen LogP contribution is 2.43. The van der Waals surface area contributed by atoms with Gasteiger partial charge in [0.2, 0.25) is 5.75 Å². The van der Waals surface area contributed by atoms with Crippen LogP contribution in [0.2, 0.25) is 0 Å². The van der Waals surface area contributed by atoms with Gasteiger partial charge in [0.05, 0.1) is 32.6 Å². The molecule has 0 aliphatic heterocycles. The number of hydrogen-bond donors (Lipinski definition) is 1. The third-order valence-electron chi connectivity index (χ3n) is 5.92. The fourth-order valence-electron chi connectivity index (χ4n) is 4.32. The van der Waals surface area contributed by atoms with Gasteiger partial charge in [-0.05, 0) is 28.5 Å². The first-order chi connectivity index (χ1) is 17.3. The van der Waals surface area contributed by atoms with Crippen LogP contribution in [0.3, 0.4) is 0 Å². The molecule has 7 nitrogen and oxygen atoms in total. The Morgan fingerprint density at radius 3 is 2.19 bits per heavy atom. The third kappa shape index (κ3) is 3.71. The van der Waals surface area contributed by atoms with E-state index in [9.17, 15) is 18.0 Å². The zero-order chi connectivity index (χ0) is 25.6. The Balaban J connectivity index is 1.86. The highest BCUT2D eigenvalue weighted by atomic mass is 19.4. The van der Waals surface area contributed by atoms with Crippen LogP contribution < -0.4 is 19.8 Å². The number of fused-ring (bicyclic) bond motifs is 2. The minimum atomic E-state index is -4.76. The number of hydrogen-bond acceptors (Lipinski definition) is 5. The van der Waals surface area contributed by atoms with Crippen LogP contribution in [0.5, 0.6) is 17.2 Å². The van der Waals surface area contributed by atoms with Crippen molar-refractivity contribution in [3.63, 3.8) is 0 Å². The lowest BCUT2D eigenvalue weighted by Crippen LogP contribution is -2.15. The summed E-state index contributed by atoms with van der Waals surface area (Å²) in [6, 6.07) is 16.5. The average molecular weight is 495 g/mol. The Labute approximate surface area is 202 Å². The number of methoxy groups -OCH3 is 3. The van der Waals surface area contributed by atoms with E-state index in [4.69, 9.17) is 14.2 Å². The number of halogens is 3. The van der Waals surface area contributed by atoms with Crippen LogP contribution in [0.4, 0.5) is 13.2 Å². The highest BCUT2D eigenvalue weighted by Gasteiger charge is 2.38. The summed E-state index contributed by atoms with van der Waals surface area (Å²) in [6.07, 6.45) is -4.76. The van der Waals surface area contributed by atoms with Crippen LogP contribution in [0.1, 0.15) is 5.69 Å². The Morgan fingerprint density at radius 1 is 0.889 bits per heavy atom. The minimum Gasteiger partial charge on any atom is -0.493 e. The van der Waals surface area contributed by atoms with Crippen LogP contribution in [-0.2, 0) is 6.18 Å². The van der Waals surface area contributed by atoms with E-state index in [0.717, 1.165) is 16.0 Å². The zero-order valence-corrected chi connectivity index (χ0v) is 19.4. The Hall–Kier alpha value is -4.47. The second kappa shape index (κ2) is 8.63. The van der Waals surface area contributed by atoms with E-state index in [-0.39, 0.29) is 16.9 Å². The summed E-state index contributed by atoms with van der Waals surface area (Å²) >= 11 is 0. The van der Waals surface area contributed by atoms with E-state index in [1.54, 1.807) is 42.5 Å². The molecule has 0 saturated heterocycles. The van der Waals surface area contributed by atoms with Crippen LogP contribution in [0, 0.1) is 0 Å². The van der Waals surface area contributed by atoms with Gasteiger partial charge in [-0.1, -0.05) is 42.5 Å². The molecule has 0 amide bonds. The monoisotopic (exact) mass is 495 g/mol. The number of rotatable bonds is 5. The van der Waals surface area contributed by atoms with Crippen molar-refractivity contribution >= 4 is 16.4 Å². The van der Waals surface area contributed by atoms with E-state index < -0.39 is 17.4 Å². The Morgan fingerprint density at radius 2 is 1.56 bits per heavy atom. The maximum atomic E-state index is 14.2. The van der Waals surface area contributed by atoms with Crippen LogP contribution in [0.25, 0.3) is 38.8 Å². The molecule has 0 atom stereocenters. The second-order valence-corrected chi connectivity index (χ2v) is 7.94. The zero-order valence-electron chi connectivity index (χ0n) is 19.4. The number of H-pyrrole nitrogens is 1. The van der Waals surface area contributed by atoms with E-state index >= 15 is 0 Å². The minimum absolute atomic E-state index is 0.147. The summed E-state index contributed by atoms with van der Waals surface area (Å²) in [5, 5.41) is 3.58. The van der Waals surface area contributed by atoms with Crippen molar-refractivity contribution in [1.82, 2.24) is 14.6 Å². The van der Waals surface area contributed by atoms with Gasteiger partial charge in [-0.15, -0.1) is 0 Å². The van der Waals surface area contributed by atoms with Gasteiger partial charge in [0, 0.05) is 11.6 Å². The Kier molecular flexibility index (Phi) is 5.58. The first kappa shape index (κ1) is 23.3. The molecule has 0 radical (unpaired) electrons. The molecule has 5 rings (SSSR count). The van der Waals surface area contributed by atoms with Gasteiger partial charge in [-0.2, -0.15) is 13.2 Å². The normalized spacial score (nSPS) is 11.7. The average Bonchev–Trinajstić information content (AvgIpc) is 3.28. The van der Waals surface area contributed by atoms with E-state index in [1.165, 1.54) is 21.3 Å². The fraction of sp³-hybridized carbons (Fsp3) is 0.154. The molecule has 1 N–H and O–H groups in total. The molecule has 0 bridgehead atoms. The van der Waals surface area contributed by atoms with Gasteiger partial charge in [0.1, 0.15) is 5.69 Å². The fourth-order valence-corrected chi connectivity index (χ4v) is 4.32. The van der Waals surface area contributed by atoms with Crippen molar-refractivity contribution in [1.29, 1.82) is 0 Å². The number of nitrogens with one attached hydrogen (secondary N) is 1. The van der Waals surface area contributed by atoms with Crippen LogP contribution in [0.15, 0.2) is 65.5 Å². The molecule has 2 aromatic heterocycles. The maximum absolute atomic E-state index is 14.2. The summed E-state index contributed by atoms with van der Waals surface area (Å²) < 4.78 is 59.5. The molecule has 0 aliphatic carbocycles. The maximum Gasteiger partial charge on any atom is 0.433 e. The van der Waals surface area contributed by atoms with Gasteiger partial charge in [0.15, 0.2) is 17.1 Å². The number of alkyl halides is 3. The molecule has 0 saturated carbocycles. The first-order valence-electron chi connectivity index (χ1n) is 10.8. The van der Waals surface area contributed by atoms with Crippen molar-refractivity contribution in [3.8, 4) is 39.6 Å². The molecule has 2 heterocycles. The number of benzene rings is 3.